The lowest BCUT2D eigenvalue weighted by atomic mass is 10.2. The van der Waals surface area contributed by atoms with Crippen molar-refractivity contribution < 1.29 is 28.6 Å². The van der Waals surface area contributed by atoms with Crippen molar-refractivity contribution in [3.8, 4) is 11.5 Å². The minimum atomic E-state index is -0.557. The molecule has 8 heteroatoms. The first-order valence-electron chi connectivity index (χ1n) is 9.14. The fraction of sp³-hybridized carbons (Fsp3) is 0.286. The lowest BCUT2D eigenvalue weighted by Crippen LogP contribution is -2.40. The number of nitrogens with one attached hydrogen (secondary N) is 1. The van der Waals surface area contributed by atoms with Crippen LogP contribution in [-0.4, -0.2) is 44.7 Å². The molecule has 29 heavy (non-hydrogen) atoms. The number of benzene rings is 2. The number of esters is 1. The maximum absolute atomic E-state index is 12.1. The molecule has 2 aromatic carbocycles. The number of anilines is 1. The molecule has 0 radical (unpaired) electrons. The first kappa shape index (κ1) is 20.2. The van der Waals surface area contributed by atoms with Gasteiger partial charge in [-0.25, -0.2) is 0 Å². The molecule has 0 bridgehead atoms. The molecule has 0 saturated carbocycles. The Labute approximate surface area is 168 Å². The van der Waals surface area contributed by atoms with Gasteiger partial charge in [0, 0.05) is 13.1 Å². The Hall–Kier alpha value is -3.55. The fourth-order valence-electron chi connectivity index (χ4n) is 2.85. The molecule has 1 heterocycles. The van der Waals surface area contributed by atoms with Crippen LogP contribution in [0.15, 0.2) is 48.5 Å². The number of ether oxygens (including phenoxy) is 3. The molecule has 3 rings (SSSR count). The Morgan fingerprint density at radius 2 is 2.00 bits per heavy atom. The van der Waals surface area contributed by atoms with E-state index in [1.165, 1.54) is 4.90 Å². The SMILES string of the molecule is COc1cccc(CNC(=O)COC(=O)CCN2C(=O)COc3ccccc32)c1. The number of amides is 2. The smallest absolute Gasteiger partial charge is 0.308 e. The fourth-order valence-corrected chi connectivity index (χ4v) is 2.85. The summed E-state index contributed by atoms with van der Waals surface area (Å²) in [7, 11) is 1.57. The maximum atomic E-state index is 12.1. The van der Waals surface area contributed by atoms with Gasteiger partial charge in [0.2, 0.25) is 0 Å². The summed E-state index contributed by atoms with van der Waals surface area (Å²) < 4.78 is 15.5. The first-order chi connectivity index (χ1) is 14.1. The molecule has 0 spiro atoms. The van der Waals surface area contributed by atoms with Gasteiger partial charge in [-0.15, -0.1) is 0 Å². The second kappa shape index (κ2) is 9.59. The van der Waals surface area contributed by atoms with Crippen molar-refractivity contribution in [2.24, 2.45) is 0 Å². The van der Waals surface area contributed by atoms with Gasteiger partial charge in [0.15, 0.2) is 13.2 Å². The average Bonchev–Trinajstić information content (AvgIpc) is 2.75. The average molecular weight is 398 g/mol. The number of carbonyl (C=O) groups is 3. The van der Waals surface area contributed by atoms with Gasteiger partial charge in [0.1, 0.15) is 11.5 Å². The third-order valence-electron chi connectivity index (χ3n) is 4.34. The topological polar surface area (TPSA) is 94.2 Å². The van der Waals surface area contributed by atoms with Crippen LogP contribution in [0.25, 0.3) is 0 Å². The highest BCUT2D eigenvalue weighted by Crippen LogP contribution is 2.31. The summed E-state index contributed by atoms with van der Waals surface area (Å²) in [6.45, 7) is 0.00526. The quantitative estimate of drug-likeness (QED) is 0.680. The molecule has 0 unspecified atom stereocenters. The van der Waals surface area contributed by atoms with Gasteiger partial charge in [-0.2, -0.15) is 0 Å². The maximum Gasteiger partial charge on any atom is 0.308 e. The van der Waals surface area contributed by atoms with Crippen LogP contribution in [0.5, 0.6) is 11.5 Å². The van der Waals surface area contributed by atoms with E-state index in [-0.39, 0.29) is 32.1 Å². The monoisotopic (exact) mass is 398 g/mol. The molecule has 1 N–H and O–H groups in total. The third kappa shape index (κ3) is 5.47. The normalized spacial score (nSPS) is 12.6. The molecular formula is C21H22N2O6. The highest BCUT2D eigenvalue weighted by atomic mass is 16.5. The summed E-state index contributed by atoms with van der Waals surface area (Å²) in [5.41, 5.74) is 1.49. The van der Waals surface area contributed by atoms with Crippen LogP contribution in [-0.2, 0) is 25.7 Å². The van der Waals surface area contributed by atoms with Gasteiger partial charge < -0.3 is 24.4 Å². The Bertz CT molecular complexity index is 898. The molecule has 2 aromatic rings. The largest absolute Gasteiger partial charge is 0.497 e. The third-order valence-corrected chi connectivity index (χ3v) is 4.34. The van der Waals surface area contributed by atoms with E-state index in [1.807, 2.05) is 30.3 Å². The van der Waals surface area contributed by atoms with Crippen molar-refractivity contribution in [2.45, 2.75) is 13.0 Å². The van der Waals surface area contributed by atoms with Gasteiger partial charge in [-0.05, 0) is 29.8 Å². The van der Waals surface area contributed by atoms with Gasteiger partial charge in [-0.1, -0.05) is 24.3 Å². The molecule has 152 valence electrons. The van der Waals surface area contributed by atoms with Crippen LogP contribution < -0.4 is 19.7 Å². The number of carbonyl (C=O) groups excluding carboxylic acids is 3. The van der Waals surface area contributed by atoms with Crippen LogP contribution in [0.4, 0.5) is 5.69 Å². The van der Waals surface area contributed by atoms with E-state index >= 15 is 0 Å². The van der Waals surface area contributed by atoms with Crippen molar-refractivity contribution >= 4 is 23.5 Å². The van der Waals surface area contributed by atoms with E-state index in [0.29, 0.717) is 23.7 Å². The highest BCUT2D eigenvalue weighted by Gasteiger charge is 2.25. The summed E-state index contributed by atoms with van der Waals surface area (Å²) in [4.78, 5) is 37.4. The summed E-state index contributed by atoms with van der Waals surface area (Å²) >= 11 is 0. The summed E-state index contributed by atoms with van der Waals surface area (Å²) in [5.74, 6) is 0.0968. The van der Waals surface area contributed by atoms with E-state index in [2.05, 4.69) is 5.32 Å². The number of hydrogen-bond donors (Lipinski definition) is 1. The van der Waals surface area contributed by atoms with E-state index in [0.717, 1.165) is 5.56 Å². The van der Waals surface area contributed by atoms with Gasteiger partial charge >= 0.3 is 5.97 Å². The molecule has 2 amide bonds. The number of hydrogen-bond acceptors (Lipinski definition) is 6. The zero-order valence-electron chi connectivity index (χ0n) is 16.1. The summed E-state index contributed by atoms with van der Waals surface area (Å²) in [6.07, 6.45) is -0.0246. The van der Waals surface area contributed by atoms with E-state index in [4.69, 9.17) is 14.2 Å². The van der Waals surface area contributed by atoms with Crippen molar-refractivity contribution in [3.05, 3.63) is 54.1 Å². The zero-order valence-corrected chi connectivity index (χ0v) is 16.1. The van der Waals surface area contributed by atoms with Gasteiger partial charge in [0.25, 0.3) is 11.8 Å². The van der Waals surface area contributed by atoms with Crippen molar-refractivity contribution in [1.29, 1.82) is 0 Å². The van der Waals surface area contributed by atoms with Gasteiger partial charge in [-0.3, -0.25) is 14.4 Å². The predicted octanol–water partition coefficient (Wildman–Crippen LogP) is 1.67. The lowest BCUT2D eigenvalue weighted by molar-refractivity contribution is -0.148. The second-order valence-corrected chi connectivity index (χ2v) is 6.34. The number of para-hydroxylation sites is 2. The second-order valence-electron chi connectivity index (χ2n) is 6.34. The molecule has 0 aromatic heterocycles. The number of fused-ring (bicyclic) bond motifs is 1. The van der Waals surface area contributed by atoms with Crippen LogP contribution in [0.2, 0.25) is 0 Å². The van der Waals surface area contributed by atoms with Crippen LogP contribution in [0.3, 0.4) is 0 Å². The minimum Gasteiger partial charge on any atom is -0.497 e. The Morgan fingerprint density at radius 3 is 2.83 bits per heavy atom. The molecule has 8 nitrogen and oxygen atoms in total. The van der Waals surface area contributed by atoms with Crippen LogP contribution in [0.1, 0.15) is 12.0 Å². The van der Waals surface area contributed by atoms with Gasteiger partial charge in [0.05, 0.1) is 19.2 Å². The number of nitrogens with zero attached hydrogens (tertiary/aromatic N) is 1. The molecule has 0 aliphatic carbocycles. The first-order valence-corrected chi connectivity index (χ1v) is 9.14. The predicted molar refractivity (Wildman–Crippen MR) is 105 cm³/mol. The molecule has 0 fully saturated rings. The van der Waals surface area contributed by atoms with Crippen molar-refractivity contribution in [2.75, 3.05) is 31.8 Å². The van der Waals surface area contributed by atoms with E-state index in [1.54, 1.807) is 25.3 Å². The molecular weight excluding hydrogens is 376 g/mol. The zero-order chi connectivity index (χ0) is 20.6. The highest BCUT2D eigenvalue weighted by molar-refractivity contribution is 5.98. The summed E-state index contributed by atoms with van der Waals surface area (Å²) in [6, 6.07) is 14.4. The van der Waals surface area contributed by atoms with Crippen molar-refractivity contribution in [3.63, 3.8) is 0 Å². The molecule has 1 aliphatic heterocycles. The lowest BCUT2D eigenvalue weighted by Gasteiger charge is -2.28. The van der Waals surface area contributed by atoms with Crippen LogP contribution in [0, 0.1) is 0 Å². The Morgan fingerprint density at radius 1 is 1.17 bits per heavy atom. The Kier molecular flexibility index (Phi) is 6.67. The van der Waals surface area contributed by atoms with E-state index < -0.39 is 11.9 Å². The summed E-state index contributed by atoms with van der Waals surface area (Å²) in [5, 5.41) is 2.68. The Balaban J connectivity index is 1.42. The van der Waals surface area contributed by atoms with E-state index in [9.17, 15) is 14.4 Å². The van der Waals surface area contributed by atoms with Crippen molar-refractivity contribution in [1.82, 2.24) is 5.32 Å². The van der Waals surface area contributed by atoms with Crippen LogP contribution >= 0.6 is 0 Å². The standard InChI is InChI=1S/C21H22N2O6/c1-27-16-6-4-5-15(11-16)12-22-19(24)13-29-21(26)9-10-23-17-7-2-3-8-18(17)28-14-20(23)25/h2-8,11H,9-10,12-14H2,1H3,(H,22,24). The molecule has 0 saturated heterocycles. The molecule has 0 atom stereocenters. The molecule has 1 aliphatic rings. The number of methoxy groups -OCH3 is 1. The minimum absolute atomic E-state index is 0.0246. The number of rotatable bonds is 8.